The number of benzene rings is 2. The molecule has 5 heteroatoms. The Labute approximate surface area is 129 Å². The van der Waals surface area contributed by atoms with Gasteiger partial charge in [-0.3, -0.25) is 4.79 Å². The lowest BCUT2D eigenvalue weighted by Gasteiger charge is -2.14. The molecule has 0 aliphatic heterocycles. The second kappa shape index (κ2) is 6.50. The molecule has 0 aliphatic rings. The first-order chi connectivity index (χ1) is 10.0. The summed E-state index contributed by atoms with van der Waals surface area (Å²) in [5.74, 6) is -0.154. The van der Waals surface area contributed by atoms with Crippen LogP contribution >= 0.6 is 11.6 Å². The molecule has 0 saturated heterocycles. The van der Waals surface area contributed by atoms with Crippen LogP contribution in [0.5, 0.6) is 0 Å². The van der Waals surface area contributed by atoms with Gasteiger partial charge in [0.1, 0.15) is 0 Å². The Kier molecular flexibility index (Phi) is 4.70. The van der Waals surface area contributed by atoms with Crippen molar-refractivity contribution in [1.82, 2.24) is 5.32 Å². The van der Waals surface area contributed by atoms with Crippen LogP contribution in [0.15, 0.2) is 36.4 Å². The fraction of sp³-hybridized carbons (Fsp3) is 0.188. The topological polar surface area (TPSA) is 67.2 Å². The Morgan fingerprint density at radius 2 is 1.90 bits per heavy atom. The second-order valence-electron chi connectivity index (χ2n) is 4.75. The van der Waals surface area contributed by atoms with Gasteiger partial charge in [-0.15, -0.1) is 0 Å². The molecule has 4 nitrogen and oxygen atoms in total. The lowest BCUT2D eigenvalue weighted by Crippen LogP contribution is -2.23. The maximum Gasteiger partial charge on any atom is 0.253 e. The molecule has 0 unspecified atom stereocenters. The van der Waals surface area contributed by atoms with Crippen molar-refractivity contribution < 1.29 is 4.79 Å². The number of anilines is 3. The average Bonchev–Trinajstić information content (AvgIpc) is 2.43. The first-order valence-electron chi connectivity index (χ1n) is 6.72. The van der Waals surface area contributed by atoms with Gasteiger partial charge in [0.15, 0.2) is 0 Å². The van der Waals surface area contributed by atoms with Gasteiger partial charge in [0.25, 0.3) is 5.91 Å². The molecular weight excluding hydrogens is 286 g/mol. The quantitative estimate of drug-likeness (QED) is 0.754. The second-order valence-corrected chi connectivity index (χ2v) is 5.19. The summed E-state index contributed by atoms with van der Waals surface area (Å²) in [5, 5.41) is 6.72. The summed E-state index contributed by atoms with van der Waals surface area (Å²) in [6.45, 7) is 4.39. The van der Waals surface area contributed by atoms with E-state index >= 15 is 0 Å². The van der Waals surface area contributed by atoms with Crippen LogP contribution in [0.4, 0.5) is 17.1 Å². The third-order valence-electron chi connectivity index (χ3n) is 3.08. The first-order valence-corrected chi connectivity index (χ1v) is 7.10. The zero-order valence-corrected chi connectivity index (χ0v) is 12.8. The van der Waals surface area contributed by atoms with Gasteiger partial charge >= 0.3 is 0 Å². The van der Waals surface area contributed by atoms with Gasteiger partial charge in [-0.25, -0.2) is 0 Å². The van der Waals surface area contributed by atoms with E-state index in [4.69, 9.17) is 17.3 Å². The summed E-state index contributed by atoms with van der Waals surface area (Å²) < 4.78 is 0. The van der Waals surface area contributed by atoms with Crippen LogP contribution in [-0.2, 0) is 0 Å². The predicted octanol–water partition coefficient (Wildman–Crippen LogP) is 3.72. The van der Waals surface area contributed by atoms with Crippen molar-refractivity contribution in [3.05, 3.63) is 52.5 Å². The Morgan fingerprint density at radius 1 is 1.19 bits per heavy atom. The number of hydrogen-bond donors (Lipinski definition) is 3. The number of rotatable bonds is 4. The van der Waals surface area contributed by atoms with E-state index in [1.54, 1.807) is 24.3 Å². The fourth-order valence-electron chi connectivity index (χ4n) is 2.03. The van der Waals surface area contributed by atoms with E-state index in [0.29, 0.717) is 28.5 Å². The van der Waals surface area contributed by atoms with Gasteiger partial charge in [-0.1, -0.05) is 11.6 Å². The number of hydrogen-bond acceptors (Lipinski definition) is 3. The number of amides is 1. The molecule has 2 aromatic rings. The summed E-state index contributed by atoms with van der Waals surface area (Å²) >= 11 is 5.96. The van der Waals surface area contributed by atoms with Crippen LogP contribution in [0, 0.1) is 6.92 Å². The lowest BCUT2D eigenvalue weighted by molar-refractivity contribution is 0.0956. The Balaban J connectivity index is 2.37. The maximum absolute atomic E-state index is 12.1. The molecule has 0 aromatic heterocycles. The highest BCUT2D eigenvalue weighted by Crippen LogP contribution is 2.27. The molecule has 0 aliphatic carbocycles. The number of carbonyl (C=O) groups excluding carboxylic acids is 1. The molecule has 21 heavy (non-hydrogen) atoms. The van der Waals surface area contributed by atoms with Gasteiger partial charge < -0.3 is 16.4 Å². The molecule has 0 spiro atoms. The summed E-state index contributed by atoms with van der Waals surface area (Å²) in [6, 6.07) is 10.8. The number of aryl methyl sites for hydroxylation is 1. The zero-order chi connectivity index (χ0) is 15.4. The first kappa shape index (κ1) is 15.2. The van der Waals surface area contributed by atoms with Crippen LogP contribution in [-0.4, -0.2) is 12.5 Å². The van der Waals surface area contributed by atoms with Gasteiger partial charge in [-0.2, -0.15) is 0 Å². The van der Waals surface area contributed by atoms with Crippen molar-refractivity contribution in [2.45, 2.75) is 13.8 Å². The van der Waals surface area contributed by atoms with Gasteiger partial charge in [0, 0.05) is 22.9 Å². The highest BCUT2D eigenvalue weighted by atomic mass is 35.5. The summed E-state index contributed by atoms with van der Waals surface area (Å²) in [5.41, 5.74) is 9.46. The van der Waals surface area contributed by atoms with Crippen LogP contribution < -0.4 is 16.4 Å². The van der Waals surface area contributed by atoms with E-state index in [1.807, 2.05) is 26.0 Å². The molecule has 4 N–H and O–H groups in total. The normalized spacial score (nSPS) is 10.2. The van der Waals surface area contributed by atoms with Crippen LogP contribution in [0.1, 0.15) is 22.8 Å². The number of nitrogens with two attached hydrogens (primary N) is 1. The van der Waals surface area contributed by atoms with Crippen LogP contribution in [0.25, 0.3) is 0 Å². The lowest BCUT2D eigenvalue weighted by atomic mass is 10.1. The molecule has 1 amide bonds. The SMILES string of the molecule is CCNC(=O)c1cc(N)ccc1Nc1ccc(Cl)cc1C. The van der Waals surface area contributed by atoms with Crippen molar-refractivity contribution in [3.63, 3.8) is 0 Å². The largest absolute Gasteiger partial charge is 0.399 e. The minimum absolute atomic E-state index is 0.154. The number of nitrogen functional groups attached to an aromatic ring is 1. The van der Waals surface area contributed by atoms with E-state index in [-0.39, 0.29) is 5.91 Å². The highest BCUT2D eigenvalue weighted by molar-refractivity contribution is 6.30. The van der Waals surface area contributed by atoms with E-state index < -0.39 is 0 Å². The summed E-state index contributed by atoms with van der Waals surface area (Å²) in [7, 11) is 0. The van der Waals surface area contributed by atoms with Crippen LogP contribution in [0.3, 0.4) is 0 Å². The molecule has 0 saturated carbocycles. The van der Waals surface area contributed by atoms with Crippen molar-refractivity contribution in [3.8, 4) is 0 Å². The summed E-state index contributed by atoms with van der Waals surface area (Å²) in [6.07, 6.45) is 0. The molecule has 0 heterocycles. The number of carbonyl (C=O) groups is 1. The zero-order valence-electron chi connectivity index (χ0n) is 12.0. The molecular formula is C16H18ClN3O. The van der Waals surface area contributed by atoms with E-state index in [0.717, 1.165) is 11.3 Å². The van der Waals surface area contributed by atoms with Crippen molar-refractivity contribution in [2.24, 2.45) is 0 Å². The molecule has 0 atom stereocenters. The molecule has 2 aromatic carbocycles. The van der Waals surface area contributed by atoms with Gasteiger partial charge in [-0.05, 0) is 55.8 Å². The third-order valence-corrected chi connectivity index (χ3v) is 3.32. The molecule has 0 bridgehead atoms. The molecule has 110 valence electrons. The van der Waals surface area contributed by atoms with Crippen LogP contribution in [0.2, 0.25) is 5.02 Å². The average molecular weight is 304 g/mol. The monoisotopic (exact) mass is 303 g/mol. The van der Waals surface area contributed by atoms with E-state index in [9.17, 15) is 4.79 Å². The maximum atomic E-state index is 12.1. The Hall–Kier alpha value is -2.20. The Bertz CT molecular complexity index is 671. The third kappa shape index (κ3) is 3.67. The predicted molar refractivity (Wildman–Crippen MR) is 88.3 cm³/mol. The minimum Gasteiger partial charge on any atom is -0.399 e. The van der Waals surface area contributed by atoms with E-state index in [1.165, 1.54) is 0 Å². The molecule has 2 rings (SSSR count). The van der Waals surface area contributed by atoms with Crippen molar-refractivity contribution >= 4 is 34.6 Å². The number of nitrogens with one attached hydrogen (secondary N) is 2. The van der Waals surface area contributed by atoms with Gasteiger partial charge in [0.2, 0.25) is 0 Å². The number of halogens is 1. The highest BCUT2D eigenvalue weighted by Gasteiger charge is 2.12. The summed E-state index contributed by atoms with van der Waals surface area (Å²) in [4.78, 5) is 12.1. The smallest absolute Gasteiger partial charge is 0.253 e. The van der Waals surface area contributed by atoms with Crippen molar-refractivity contribution in [1.29, 1.82) is 0 Å². The molecule has 0 fully saturated rings. The van der Waals surface area contributed by atoms with E-state index in [2.05, 4.69) is 10.6 Å². The standard InChI is InChI=1S/C16H18ClN3O/c1-3-19-16(21)13-9-12(18)5-7-15(13)20-14-6-4-11(17)8-10(14)2/h4-9,20H,3,18H2,1-2H3,(H,19,21). The molecule has 0 radical (unpaired) electrons. The minimum atomic E-state index is -0.154. The Morgan fingerprint density at radius 3 is 2.57 bits per heavy atom. The fourth-order valence-corrected chi connectivity index (χ4v) is 2.25. The van der Waals surface area contributed by atoms with Gasteiger partial charge in [0.05, 0.1) is 11.3 Å². The van der Waals surface area contributed by atoms with Crippen molar-refractivity contribution in [2.75, 3.05) is 17.6 Å².